The van der Waals surface area contributed by atoms with Crippen LogP contribution in [-0.2, 0) is 9.59 Å². The van der Waals surface area contributed by atoms with Crippen LogP contribution in [0.25, 0.3) is 0 Å². The molecule has 1 atom stereocenters. The van der Waals surface area contributed by atoms with Crippen molar-refractivity contribution >= 4 is 11.8 Å². The Morgan fingerprint density at radius 1 is 1.47 bits per heavy atom. The van der Waals surface area contributed by atoms with Gasteiger partial charge in [0.25, 0.3) is 0 Å². The third-order valence-corrected chi connectivity index (χ3v) is 3.49. The van der Waals surface area contributed by atoms with Crippen molar-refractivity contribution < 1.29 is 14.7 Å². The molecular formula is C12H22N2O3. The van der Waals surface area contributed by atoms with Crippen molar-refractivity contribution in [1.29, 1.82) is 0 Å². The maximum absolute atomic E-state index is 11.9. The molecule has 0 aromatic rings. The molecule has 0 spiro atoms. The highest BCUT2D eigenvalue weighted by molar-refractivity contribution is 5.86. The van der Waals surface area contributed by atoms with Crippen molar-refractivity contribution in [3.8, 4) is 0 Å². The van der Waals surface area contributed by atoms with Crippen molar-refractivity contribution in [2.75, 3.05) is 20.2 Å². The summed E-state index contributed by atoms with van der Waals surface area (Å²) in [4.78, 5) is 24.4. The van der Waals surface area contributed by atoms with Crippen LogP contribution in [0.3, 0.4) is 0 Å². The lowest BCUT2D eigenvalue weighted by atomic mass is 9.69. The molecule has 0 heterocycles. The Balaban J connectivity index is 2.48. The summed E-state index contributed by atoms with van der Waals surface area (Å²) in [5, 5.41) is 11.9. The SMILES string of the molecule is CC(=O)N[C@H](C)C(=O)N(C)CC1(CO)CCC1. The Kier molecular flexibility index (Phi) is 4.51. The van der Waals surface area contributed by atoms with Gasteiger partial charge in [-0.25, -0.2) is 0 Å². The summed E-state index contributed by atoms with van der Waals surface area (Å²) in [6.45, 7) is 3.75. The molecule has 0 aromatic carbocycles. The molecule has 5 heteroatoms. The Bertz CT molecular complexity index is 295. The van der Waals surface area contributed by atoms with Gasteiger partial charge in [0.2, 0.25) is 11.8 Å². The molecule has 0 saturated heterocycles. The van der Waals surface area contributed by atoms with Crippen molar-refractivity contribution in [3.05, 3.63) is 0 Å². The van der Waals surface area contributed by atoms with Crippen LogP contribution in [0.2, 0.25) is 0 Å². The number of likely N-dealkylation sites (N-methyl/N-ethyl adjacent to an activating group) is 1. The van der Waals surface area contributed by atoms with Gasteiger partial charge in [-0.05, 0) is 19.8 Å². The Labute approximate surface area is 102 Å². The first-order valence-corrected chi connectivity index (χ1v) is 6.03. The molecule has 0 bridgehead atoms. The van der Waals surface area contributed by atoms with E-state index in [9.17, 15) is 14.7 Å². The number of aliphatic hydroxyl groups is 1. The lowest BCUT2D eigenvalue weighted by Gasteiger charge is -2.43. The summed E-state index contributed by atoms with van der Waals surface area (Å²) < 4.78 is 0. The lowest BCUT2D eigenvalue weighted by molar-refractivity contribution is -0.137. The Hall–Kier alpha value is -1.10. The fourth-order valence-corrected chi connectivity index (χ4v) is 2.32. The van der Waals surface area contributed by atoms with Gasteiger partial charge in [-0.2, -0.15) is 0 Å². The average molecular weight is 242 g/mol. The van der Waals surface area contributed by atoms with E-state index in [1.807, 2.05) is 0 Å². The van der Waals surface area contributed by atoms with Crippen LogP contribution >= 0.6 is 0 Å². The summed E-state index contributed by atoms with van der Waals surface area (Å²) in [5.41, 5.74) is -0.111. The van der Waals surface area contributed by atoms with Gasteiger partial charge in [0, 0.05) is 25.9 Å². The standard InChI is InChI=1S/C12H22N2O3/c1-9(13-10(2)16)11(17)14(3)7-12(8-15)5-4-6-12/h9,15H,4-8H2,1-3H3,(H,13,16)/t9-/m1/s1. The minimum atomic E-state index is -0.506. The van der Waals surface area contributed by atoms with Crippen LogP contribution in [0.1, 0.15) is 33.1 Å². The summed E-state index contributed by atoms with van der Waals surface area (Å²) >= 11 is 0. The van der Waals surface area contributed by atoms with Gasteiger partial charge in [-0.1, -0.05) is 6.42 Å². The molecule has 1 saturated carbocycles. The molecule has 1 aliphatic rings. The van der Waals surface area contributed by atoms with Gasteiger partial charge in [0.15, 0.2) is 0 Å². The molecule has 0 aromatic heterocycles. The normalized spacial score (nSPS) is 19.1. The number of carbonyl (C=O) groups excluding carboxylic acids is 2. The predicted molar refractivity (Wildman–Crippen MR) is 64.3 cm³/mol. The molecule has 1 aliphatic carbocycles. The molecule has 1 fully saturated rings. The summed E-state index contributed by atoms with van der Waals surface area (Å²) in [7, 11) is 1.72. The molecule has 2 amide bonds. The van der Waals surface area contributed by atoms with Crippen molar-refractivity contribution in [1.82, 2.24) is 10.2 Å². The van der Waals surface area contributed by atoms with Crippen LogP contribution in [-0.4, -0.2) is 48.1 Å². The van der Waals surface area contributed by atoms with Gasteiger partial charge in [0.05, 0.1) is 6.61 Å². The second kappa shape index (κ2) is 5.49. The molecule has 98 valence electrons. The lowest BCUT2D eigenvalue weighted by Crippen LogP contribution is -2.50. The van der Waals surface area contributed by atoms with Crippen LogP contribution in [0.15, 0.2) is 0 Å². The minimum Gasteiger partial charge on any atom is -0.396 e. The van der Waals surface area contributed by atoms with Crippen molar-refractivity contribution in [2.24, 2.45) is 5.41 Å². The van der Waals surface area contributed by atoms with Crippen LogP contribution < -0.4 is 5.32 Å². The van der Waals surface area contributed by atoms with E-state index >= 15 is 0 Å². The highest BCUT2D eigenvalue weighted by Gasteiger charge is 2.38. The second-order valence-electron chi connectivity index (χ2n) is 5.13. The predicted octanol–water partition coefficient (Wildman–Crippen LogP) is 0.132. The minimum absolute atomic E-state index is 0.111. The van der Waals surface area contributed by atoms with Gasteiger partial charge in [-0.3, -0.25) is 9.59 Å². The van der Waals surface area contributed by atoms with Crippen LogP contribution in [0.4, 0.5) is 0 Å². The molecule has 1 rings (SSSR count). The molecule has 2 N–H and O–H groups in total. The van der Waals surface area contributed by atoms with E-state index in [1.165, 1.54) is 6.92 Å². The number of aliphatic hydroxyl groups excluding tert-OH is 1. The quantitative estimate of drug-likeness (QED) is 0.720. The summed E-state index contributed by atoms with van der Waals surface area (Å²) in [5.74, 6) is -0.320. The second-order valence-corrected chi connectivity index (χ2v) is 5.13. The van der Waals surface area contributed by atoms with Crippen LogP contribution in [0.5, 0.6) is 0 Å². The van der Waals surface area contributed by atoms with Crippen molar-refractivity contribution in [2.45, 2.75) is 39.2 Å². The largest absolute Gasteiger partial charge is 0.396 e. The smallest absolute Gasteiger partial charge is 0.244 e. The maximum atomic E-state index is 11.9. The molecule has 5 nitrogen and oxygen atoms in total. The molecular weight excluding hydrogens is 220 g/mol. The monoisotopic (exact) mass is 242 g/mol. The highest BCUT2D eigenvalue weighted by atomic mass is 16.3. The van der Waals surface area contributed by atoms with E-state index in [2.05, 4.69) is 5.32 Å². The van der Waals surface area contributed by atoms with Gasteiger partial charge in [0.1, 0.15) is 6.04 Å². The van der Waals surface area contributed by atoms with E-state index in [1.54, 1.807) is 18.9 Å². The summed E-state index contributed by atoms with van der Waals surface area (Å²) in [6, 6.07) is -0.506. The number of nitrogens with one attached hydrogen (secondary N) is 1. The third kappa shape index (κ3) is 3.43. The zero-order valence-corrected chi connectivity index (χ0v) is 10.8. The molecule has 0 radical (unpaired) electrons. The fourth-order valence-electron chi connectivity index (χ4n) is 2.32. The first kappa shape index (κ1) is 14.0. The van der Waals surface area contributed by atoms with E-state index in [4.69, 9.17) is 0 Å². The van der Waals surface area contributed by atoms with E-state index in [0.717, 1.165) is 19.3 Å². The van der Waals surface area contributed by atoms with Gasteiger partial charge in [-0.15, -0.1) is 0 Å². The first-order valence-electron chi connectivity index (χ1n) is 6.03. The zero-order chi connectivity index (χ0) is 13.1. The third-order valence-electron chi connectivity index (χ3n) is 3.49. The number of hydrogen-bond acceptors (Lipinski definition) is 3. The maximum Gasteiger partial charge on any atom is 0.244 e. The number of hydrogen-bond donors (Lipinski definition) is 2. The highest BCUT2D eigenvalue weighted by Crippen LogP contribution is 2.40. The molecule has 0 unspecified atom stereocenters. The first-order chi connectivity index (χ1) is 7.90. The number of amides is 2. The van der Waals surface area contributed by atoms with Crippen LogP contribution in [0, 0.1) is 5.41 Å². The topological polar surface area (TPSA) is 69.6 Å². The van der Waals surface area contributed by atoms with E-state index in [0.29, 0.717) is 6.54 Å². The molecule has 17 heavy (non-hydrogen) atoms. The number of carbonyl (C=O) groups is 2. The average Bonchev–Trinajstić information content (AvgIpc) is 2.21. The van der Waals surface area contributed by atoms with E-state index in [-0.39, 0.29) is 23.8 Å². The molecule has 0 aliphatic heterocycles. The zero-order valence-electron chi connectivity index (χ0n) is 10.8. The Morgan fingerprint density at radius 3 is 2.41 bits per heavy atom. The fraction of sp³-hybridized carbons (Fsp3) is 0.833. The number of rotatable bonds is 5. The van der Waals surface area contributed by atoms with E-state index < -0.39 is 6.04 Å². The Morgan fingerprint density at radius 2 is 2.06 bits per heavy atom. The van der Waals surface area contributed by atoms with Crippen molar-refractivity contribution in [3.63, 3.8) is 0 Å². The summed E-state index contributed by atoms with van der Waals surface area (Å²) in [6.07, 6.45) is 3.05. The van der Waals surface area contributed by atoms with Gasteiger partial charge < -0.3 is 15.3 Å². The van der Waals surface area contributed by atoms with Gasteiger partial charge >= 0.3 is 0 Å². The number of nitrogens with zero attached hydrogens (tertiary/aromatic N) is 1.